The van der Waals surface area contributed by atoms with Gasteiger partial charge in [0, 0.05) is 12.1 Å². The Labute approximate surface area is 213 Å². The van der Waals surface area contributed by atoms with E-state index in [1.54, 1.807) is 4.57 Å². The van der Waals surface area contributed by atoms with Gasteiger partial charge in [-0.1, -0.05) is 64.1 Å². The molecule has 0 N–H and O–H groups in total. The number of hydrogen-bond acceptors (Lipinski definition) is 3. The number of carbonyl (C=O) groups is 1. The molecule has 0 saturated carbocycles. The highest BCUT2D eigenvalue weighted by Crippen LogP contribution is 2.28. The van der Waals surface area contributed by atoms with Crippen molar-refractivity contribution in [1.29, 1.82) is 0 Å². The van der Waals surface area contributed by atoms with Crippen LogP contribution in [0.3, 0.4) is 0 Å². The van der Waals surface area contributed by atoms with Gasteiger partial charge in [0.15, 0.2) is 0 Å². The summed E-state index contributed by atoms with van der Waals surface area (Å²) in [5.74, 6) is 0.555. The molecule has 0 bridgehead atoms. The molecule has 186 valence electrons. The smallest absolute Gasteiger partial charge is 0.266 e. The summed E-state index contributed by atoms with van der Waals surface area (Å²) in [5.41, 5.74) is 4.35. The lowest BCUT2D eigenvalue weighted by atomic mass is 10.1. The molecule has 1 atom stereocenters. The summed E-state index contributed by atoms with van der Waals surface area (Å²) in [6.07, 6.45) is 3.29. The zero-order valence-electron chi connectivity index (χ0n) is 21.7. The number of aromatic nitrogens is 2. The van der Waals surface area contributed by atoms with Crippen LogP contribution in [0.5, 0.6) is 0 Å². The summed E-state index contributed by atoms with van der Waals surface area (Å²) in [6, 6.07) is 23.0. The summed E-state index contributed by atoms with van der Waals surface area (Å²) in [4.78, 5) is 34.5. The Morgan fingerprint density at radius 3 is 2.06 bits per heavy atom. The lowest BCUT2D eigenvalue weighted by Gasteiger charge is -2.32. The van der Waals surface area contributed by atoms with E-state index in [9.17, 15) is 9.59 Å². The second kappa shape index (κ2) is 11.3. The van der Waals surface area contributed by atoms with Crippen LogP contribution in [0.25, 0.3) is 16.6 Å². The second-order valence-corrected chi connectivity index (χ2v) is 9.12. The van der Waals surface area contributed by atoms with Gasteiger partial charge in [0.2, 0.25) is 0 Å². The molecule has 5 heteroatoms. The molecule has 1 aromatic heterocycles. The number of carbonyl (C=O) groups excluding carboxylic acids is 1. The first-order chi connectivity index (χ1) is 17.5. The monoisotopic (exact) mass is 481 g/mol. The van der Waals surface area contributed by atoms with Gasteiger partial charge in [0.05, 0.1) is 22.6 Å². The largest absolute Gasteiger partial charge is 0.328 e. The minimum absolute atomic E-state index is 0.0401. The van der Waals surface area contributed by atoms with Gasteiger partial charge in [-0.25, -0.2) is 4.98 Å². The van der Waals surface area contributed by atoms with E-state index in [0.717, 1.165) is 24.9 Å². The van der Waals surface area contributed by atoms with E-state index in [1.165, 1.54) is 11.1 Å². The Hall–Kier alpha value is -3.73. The van der Waals surface area contributed by atoms with Crippen molar-refractivity contribution in [2.45, 2.75) is 59.4 Å². The predicted octanol–water partition coefficient (Wildman–Crippen LogP) is 6.51. The van der Waals surface area contributed by atoms with Crippen LogP contribution in [0, 0.1) is 0 Å². The molecule has 1 amide bonds. The molecular formula is C31H35N3O2. The molecule has 0 radical (unpaired) electrons. The Morgan fingerprint density at radius 2 is 1.47 bits per heavy atom. The van der Waals surface area contributed by atoms with E-state index in [-0.39, 0.29) is 17.5 Å². The third-order valence-electron chi connectivity index (χ3n) is 6.80. The number of hydrogen-bond donors (Lipinski definition) is 0. The minimum atomic E-state index is -0.355. The van der Waals surface area contributed by atoms with E-state index < -0.39 is 0 Å². The highest BCUT2D eigenvalue weighted by molar-refractivity contribution is 5.94. The molecule has 0 fully saturated rings. The lowest BCUT2D eigenvalue weighted by molar-refractivity contribution is 0.0659. The molecule has 0 aliphatic rings. The van der Waals surface area contributed by atoms with Crippen LogP contribution in [0.4, 0.5) is 0 Å². The van der Waals surface area contributed by atoms with Crippen molar-refractivity contribution >= 4 is 16.8 Å². The fourth-order valence-corrected chi connectivity index (χ4v) is 4.73. The normalized spacial score (nSPS) is 12.0. The lowest BCUT2D eigenvalue weighted by Crippen LogP contribution is -2.39. The number of aryl methyl sites for hydroxylation is 2. The maximum absolute atomic E-state index is 13.8. The Morgan fingerprint density at radius 1 is 0.861 bits per heavy atom. The molecule has 3 aromatic carbocycles. The number of amides is 1. The summed E-state index contributed by atoms with van der Waals surface area (Å²) in [7, 11) is 0. The topological polar surface area (TPSA) is 55.2 Å². The third kappa shape index (κ3) is 4.97. The van der Waals surface area contributed by atoms with Gasteiger partial charge in [-0.3, -0.25) is 14.2 Å². The van der Waals surface area contributed by atoms with Crippen LogP contribution in [-0.4, -0.2) is 26.9 Å². The van der Waals surface area contributed by atoms with Crippen molar-refractivity contribution in [3.05, 3.63) is 106 Å². The van der Waals surface area contributed by atoms with Crippen molar-refractivity contribution in [2.75, 3.05) is 6.54 Å². The molecular weight excluding hydrogens is 446 g/mol. The van der Waals surface area contributed by atoms with Gasteiger partial charge in [-0.2, -0.15) is 0 Å². The number of nitrogens with zero attached hydrogens (tertiary/aromatic N) is 3. The van der Waals surface area contributed by atoms with E-state index in [4.69, 9.17) is 4.98 Å². The van der Waals surface area contributed by atoms with E-state index in [1.807, 2.05) is 84.6 Å². The van der Waals surface area contributed by atoms with Crippen LogP contribution in [0.2, 0.25) is 0 Å². The Bertz CT molecular complexity index is 1390. The highest BCUT2D eigenvalue weighted by Gasteiger charge is 2.29. The summed E-state index contributed by atoms with van der Waals surface area (Å²) in [5, 5.41) is 0.569. The molecule has 1 unspecified atom stereocenters. The predicted molar refractivity (Wildman–Crippen MR) is 147 cm³/mol. The van der Waals surface area contributed by atoms with Crippen LogP contribution in [-0.2, 0) is 12.8 Å². The zero-order valence-corrected chi connectivity index (χ0v) is 21.7. The second-order valence-electron chi connectivity index (χ2n) is 9.12. The number of para-hydroxylation sites is 1. The van der Waals surface area contributed by atoms with E-state index >= 15 is 0 Å². The molecule has 36 heavy (non-hydrogen) atoms. The van der Waals surface area contributed by atoms with Gasteiger partial charge in [0.1, 0.15) is 5.82 Å². The Balaban J connectivity index is 1.90. The van der Waals surface area contributed by atoms with Crippen molar-refractivity contribution < 1.29 is 4.79 Å². The first kappa shape index (κ1) is 25.4. The first-order valence-electron chi connectivity index (χ1n) is 13.0. The van der Waals surface area contributed by atoms with Crippen LogP contribution in [0.15, 0.2) is 77.6 Å². The van der Waals surface area contributed by atoms with Gasteiger partial charge in [0.25, 0.3) is 11.5 Å². The first-order valence-corrected chi connectivity index (χ1v) is 13.0. The summed E-state index contributed by atoms with van der Waals surface area (Å²) in [6.45, 7) is 8.90. The van der Waals surface area contributed by atoms with Crippen molar-refractivity contribution in [3.8, 4) is 5.69 Å². The summed E-state index contributed by atoms with van der Waals surface area (Å²) < 4.78 is 1.70. The van der Waals surface area contributed by atoms with Crippen molar-refractivity contribution in [3.63, 3.8) is 0 Å². The molecule has 0 saturated heterocycles. The van der Waals surface area contributed by atoms with Crippen molar-refractivity contribution in [1.82, 2.24) is 14.5 Å². The van der Waals surface area contributed by atoms with Crippen LogP contribution >= 0.6 is 0 Å². The molecule has 4 rings (SSSR count). The molecule has 1 heterocycles. The van der Waals surface area contributed by atoms with Crippen molar-refractivity contribution in [2.24, 2.45) is 0 Å². The highest BCUT2D eigenvalue weighted by atomic mass is 16.2. The van der Waals surface area contributed by atoms with E-state index in [2.05, 4.69) is 20.8 Å². The average molecular weight is 482 g/mol. The number of benzene rings is 3. The fourth-order valence-electron chi connectivity index (χ4n) is 4.73. The van der Waals surface area contributed by atoms with Gasteiger partial charge in [-0.05, 0) is 73.2 Å². The van der Waals surface area contributed by atoms with Crippen LogP contribution in [0.1, 0.15) is 73.9 Å². The minimum Gasteiger partial charge on any atom is -0.328 e. The zero-order chi connectivity index (χ0) is 25.7. The van der Waals surface area contributed by atoms with E-state index in [0.29, 0.717) is 35.3 Å². The molecule has 0 aliphatic carbocycles. The maximum Gasteiger partial charge on any atom is 0.266 e. The van der Waals surface area contributed by atoms with Gasteiger partial charge >= 0.3 is 0 Å². The van der Waals surface area contributed by atoms with Gasteiger partial charge < -0.3 is 4.90 Å². The fraction of sp³-hybridized carbons (Fsp3) is 0.323. The number of fused-ring (bicyclic) bond motifs is 1. The third-order valence-corrected chi connectivity index (χ3v) is 6.80. The van der Waals surface area contributed by atoms with Gasteiger partial charge in [-0.15, -0.1) is 0 Å². The number of rotatable bonds is 9. The quantitative estimate of drug-likeness (QED) is 0.274. The summed E-state index contributed by atoms with van der Waals surface area (Å²) >= 11 is 0. The molecule has 5 nitrogen and oxygen atoms in total. The SMILES string of the molecule is CCCN(C(=O)c1ccc(CC)cc1)C(CC)c1nc2ccccc2c(=O)n1-c1ccc(CC)cc1. The Kier molecular flexibility index (Phi) is 7.99. The molecule has 4 aromatic rings. The van der Waals surface area contributed by atoms with Crippen LogP contribution < -0.4 is 5.56 Å². The average Bonchev–Trinajstić information content (AvgIpc) is 2.93. The standard InChI is InChI=1S/C31H35N3O2/c1-5-21-33(30(35)24-17-13-22(6-2)14-18-24)28(8-4)29-32-27-12-10-9-11-26(27)31(36)34(29)25-19-15-23(7-3)16-20-25/h9-20,28H,5-8,21H2,1-4H3. The molecule has 0 spiro atoms. The molecule has 0 aliphatic heterocycles. The maximum atomic E-state index is 13.8.